The molecule has 8 heteroatoms. The number of nitrogens with zero attached hydrogens (tertiary/aromatic N) is 2. The number of aromatic nitrogens is 1. The summed E-state index contributed by atoms with van der Waals surface area (Å²) in [6.45, 7) is 4.04. The van der Waals surface area contributed by atoms with Gasteiger partial charge < -0.3 is 9.47 Å². The van der Waals surface area contributed by atoms with E-state index in [1.165, 1.54) is 0 Å². The van der Waals surface area contributed by atoms with E-state index in [0.29, 0.717) is 0 Å². The first-order chi connectivity index (χ1) is 25.9. The van der Waals surface area contributed by atoms with Gasteiger partial charge in [0.15, 0.2) is 0 Å². The van der Waals surface area contributed by atoms with E-state index in [2.05, 4.69) is 76.2 Å². The van der Waals surface area contributed by atoms with E-state index in [1.54, 1.807) is 24.3 Å². The molecule has 0 amide bonds. The van der Waals surface area contributed by atoms with Gasteiger partial charge in [-0.15, -0.1) is 0 Å². The van der Waals surface area contributed by atoms with Crippen molar-refractivity contribution in [3.8, 4) is 27.9 Å². The van der Waals surface area contributed by atoms with E-state index in [0.717, 1.165) is 78.9 Å². The predicted molar refractivity (Wildman–Crippen MR) is 206 cm³/mol. The molecule has 0 fully saturated rings. The molecule has 0 saturated carbocycles. The Morgan fingerprint density at radius 2 is 0.963 bits per heavy atom. The van der Waals surface area contributed by atoms with Crippen molar-refractivity contribution in [3.05, 3.63) is 180 Å². The number of halogens is 6. The lowest BCUT2D eigenvalue weighted by Gasteiger charge is -2.25. The maximum Gasteiger partial charge on any atom is 0.416 e. The third kappa shape index (κ3) is 6.38. The molecule has 8 rings (SSSR count). The Kier molecular flexibility index (Phi) is 8.56. The third-order valence-corrected chi connectivity index (χ3v) is 9.84. The maximum absolute atomic E-state index is 13.5. The van der Waals surface area contributed by atoms with Gasteiger partial charge in [-0.3, -0.25) is 0 Å². The van der Waals surface area contributed by atoms with E-state index >= 15 is 0 Å². The fraction of sp³-hybridized carbons (Fsp3) is 0.0870. The Bertz CT molecular complexity index is 2570. The van der Waals surface area contributed by atoms with Crippen molar-refractivity contribution >= 4 is 38.9 Å². The summed E-state index contributed by atoms with van der Waals surface area (Å²) in [5, 5.41) is 2.20. The highest BCUT2D eigenvalue weighted by molar-refractivity contribution is 6.10. The number of fused-ring (bicyclic) bond motifs is 3. The van der Waals surface area contributed by atoms with Crippen LogP contribution in [0.3, 0.4) is 0 Å². The average molecular weight is 727 g/mol. The minimum Gasteiger partial charge on any atom is -0.310 e. The highest BCUT2D eigenvalue weighted by atomic mass is 19.4. The first kappa shape index (κ1) is 34.8. The maximum atomic E-state index is 13.5. The number of hydrogen-bond donors (Lipinski definition) is 0. The molecule has 0 N–H and O–H groups in total. The van der Waals surface area contributed by atoms with Crippen molar-refractivity contribution < 1.29 is 26.3 Å². The van der Waals surface area contributed by atoms with Crippen molar-refractivity contribution in [1.82, 2.24) is 4.57 Å². The van der Waals surface area contributed by atoms with E-state index in [9.17, 15) is 26.3 Å². The molecule has 0 saturated heterocycles. The SMILES string of the molecule is Cc1cc(-n2c3ccccc3c3cc(N(c4ccccc4)c4ccccc4)ccc32)c(C)cc1-c1ccc(-c2cc(C(F)(F)F)cc(C(F)(F)F)c2)cc1. The smallest absolute Gasteiger partial charge is 0.310 e. The molecule has 0 aliphatic heterocycles. The first-order valence-corrected chi connectivity index (χ1v) is 17.3. The minimum atomic E-state index is -4.92. The van der Waals surface area contributed by atoms with Crippen molar-refractivity contribution in [2.75, 3.05) is 4.90 Å². The molecule has 54 heavy (non-hydrogen) atoms. The molecular formula is C46H32F6N2. The minimum absolute atomic E-state index is 0.145. The van der Waals surface area contributed by atoms with Crippen LogP contribution in [0.2, 0.25) is 0 Å². The summed E-state index contributed by atoms with van der Waals surface area (Å²) in [6, 6.07) is 47.8. The van der Waals surface area contributed by atoms with Crippen molar-refractivity contribution in [2.45, 2.75) is 26.2 Å². The predicted octanol–water partition coefficient (Wildman–Crippen LogP) is 14.2. The second kappa shape index (κ2) is 13.3. The van der Waals surface area contributed by atoms with Gasteiger partial charge in [-0.2, -0.15) is 26.3 Å². The summed E-state index contributed by atoms with van der Waals surface area (Å²) < 4.78 is 83.5. The third-order valence-electron chi connectivity index (χ3n) is 9.84. The molecule has 0 aliphatic carbocycles. The van der Waals surface area contributed by atoms with E-state index in [4.69, 9.17) is 0 Å². The van der Waals surface area contributed by atoms with E-state index in [-0.39, 0.29) is 17.2 Å². The van der Waals surface area contributed by atoms with E-state index < -0.39 is 23.5 Å². The van der Waals surface area contributed by atoms with Crippen LogP contribution in [0.15, 0.2) is 158 Å². The van der Waals surface area contributed by atoms with Crippen molar-refractivity contribution in [3.63, 3.8) is 0 Å². The van der Waals surface area contributed by atoms with Crippen LogP contribution in [0.25, 0.3) is 49.7 Å². The van der Waals surface area contributed by atoms with Gasteiger partial charge in [-0.05, 0) is 126 Å². The first-order valence-electron chi connectivity index (χ1n) is 17.3. The summed E-state index contributed by atoms with van der Waals surface area (Å²) in [5.41, 5.74) is 7.27. The van der Waals surface area contributed by atoms with Gasteiger partial charge in [-0.25, -0.2) is 0 Å². The molecule has 7 aromatic carbocycles. The Labute approximate surface area is 308 Å². The monoisotopic (exact) mass is 726 g/mol. The van der Waals surface area contributed by atoms with Gasteiger partial charge in [0.05, 0.1) is 22.2 Å². The summed E-state index contributed by atoms with van der Waals surface area (Å²) in [5.74, 6) is 0. The molecule has 268 valence electrons. The number of rotatable bonds is 6. The van der Waals surface area contributed by atoms with Gasteiger partial charge in [0, 0.05) is 33.5 Å². The van der Waals surface area contributed by atoms with Gasteiger partial charge in [0.1, 0.15) is 0 Å². The summed E-state index contributed by atoms with van der Waals surface area (Å²) >= 11 is 0. The quantitative estimate of drug-likeness (QED) is 0.155. The molecule has 2 nitrogen and oxygen atoms in total. The van der Waals surface area contributed by atoms with Crippen molar-refractivity contribution in [1.29, 1.82) is 0 Å². The lowest BCUT2D eigenvalue weighted by Crippen LogP contribution is -2.11. The normalized spacial score (nSPS) is 12.1. The van der Waals surface area contributed by atoms with Crippen LogP contribution in [0.1, 0.15) is 22.3 Å². The fourth-order valence-corrected chi connectivity index (χ4v) is 7.28. The molecule has 0 radical (unpaired) electrons. The topological polar surface area (TPSA) is 8.17 Å². The zero-order valence-corrected chi connectivity index (χ0v) is 29.2. The van der Waals surface area contributed by atoms with Crippen LogP contribution in [0, 0.1) is 13.8 Å². The van der Waals surface area contributed by atoms with Crippen LogP contribution in [0.5, 0.6) is 0 Å². The molecular weight excluding hydrogens is 695 g/mol. The molecule has 1 heterocycles. The molecule has 0 unspecified atom stereocenters. The Morgan fingerprint density at radius 1 is 0.426 bits per heavy atom. The lowest BCUT2D eigenvalue weighted by molar-refractivity contribution is -0.143. The highest BCUT2D eigenvalue weighted by Crippen LogP contribution is 2.42. The highest BCUT2D eigenvalue weighted by Gasteiger charge is 2.37. The van der Waals surface area contributed by atoms with Crippen LogP contribution >= 0.6 is 0 Å². The summed E-state index contributed by atoms with van der Waals surface area (Å²) in [6.07, 6.45) is -9.84. The molecule has 0 spiro atoms. The lowest BCUT2D eigenvalue weighted by atomic mass is 9.94. The largest absolute Gasteiger partial charge is 0.416 e. The van der Waals surface area contributed by atoms with Crippen LogP contribution in [0.4, 0.5) is 43.4 Å². The summed E-state index contributed by atoms with van der Waals surface area (Å²) in [7, 11) is 0. The number of para-hydroxylation sites is 3. The molecule has 0 bridgehead atoms. The Balaban J connectivity index is 1.20. The van der Waals surface area contributed by atoms with Gasteiger partial charge in [0.25, 0.3) is 0 Å². The van der Waals surface area contributed by atoms with Gasteiger partial charge in [-0.1, -0.05) is 78.9 Å². The molecule has 1 aromatic heterocycles. The number of benzene rings is 7. The zero-order valence-electron chi connectivity index (χ0n) is 29.2. The second-order valence-electron chi connectivity index (χ2n) is 13.4. The summed E-state index contributed by atoms with van der Waals surface area (Å²) in [4.78, 5) is 2.24. The van der Waals surface area contributed by atoms with Gasteiger partial charge in [0.2, 0.25) is 0 Å². The van der Waals surface area contributed by atoms with Crippen molar-refractivity contribution in [2.24, 2.45) is 0 Å². The number of anilines is 3. The second-order valence-corrected chi connectivity index (χ2v) is 13.4. The number of alkyl halides is 6. The number of aryl methyl sites for hydroxylation is 2. The average Bonchev–Trinajstić information content (AvgIpc) is 3.49. The van der Waals surface area contributed by atoms with E-state index in [1.807, 2.05) is 62.4 Å². The molecule has 0 atom stereocenters. The molecule has 8 aromatic rings. The zero-order chi connectivity index (χ0) is 37.8. The van der Waals surface area contributed by atoms with Crippen LogP contribution in [-0.4, -0.2) is 4.57 Å². The van der Waals surface area contributed by atoms with Gasteiger partial charge >= 0.3 is 12.4 Å². The Morgan fingerprint density at radius 3 is 1.56 bits per heavy atom. The standard InChI is InChI=1S/C46H32F6N2/c1-29-24-44(30(2)23-40(29)32-19-17-31(18-20-32)33-25-34(45(47,48)49)27-35(26-33)46(50,51)52)54-42-16-10-9-15-39(42)41-28-38(21-22-43(41)54)53(36-11-5-3-6-12-36)37-13-7-4-8-14-37/h3-28H,1-2H3. The van der Waals surface area contributed by atoms with Crippen LogP contribution < -0.4 is 4.90 Å². The molecule has 0 aliphatic rings. The number of hydrogen-bond acceptors (Lipinski definition) is 1. The Hall–Kier alpha value is -6.28. The fourth-order valence-electron chi connectivity index (χ4n) is 7.28. The van der Waals surface area contributed by atoms with Crippen LogP contribution in [-0.2, 0) is 12.4 Å².